The third-order valence-corrected chi connectivity index (χ3v) is 2.97. The smallest absolute Gasteiger partial charge is 0.221 e. The van der Waals surface area contributed by atoms with Crippen LogP contribution < -0.4 is 5.32 Å². The van der Waals surface area contributed by atoms with Crippen molar-refractivity contribution >= 4 is 17.7 Å². The molecule has 0 aliphatic rings. The van der Waals surface area contributed by atoms with Crippen LogP contribution >= 0.6 is 11.8 Å². The third kappa shape index (κ3) is 4.57. The zero-order valence-electron chi connectivity index (χ0n) is 9.56. The number of carbonyl (C=O) groups excluding carboxylic acids is 1. The topological polar surface area (TPSA) is 49.3 Å². The standard InChI is InChI=1S/C12H17NO2S/c1-9(2)13-12(15)7-8-16-11-6-4-3-5-10(11)14/h3-6,9,14H,7-8H2,1-2H3,(H,13,15). The van der Waals surface area contributed by atoms with Crippen LogP contribution in [-0.2, 0) is 4.79 Å². The van der Waals surface area contributed by atoms with Gasteiger partial charge < -0.3 is 10.4 Å². The van der Waals surface area contributed by atoms with E-state index < -0.39 is 0 Å². The van der Waals surface area contributed by atoms with Crippen molar-refractivity contribution < 1.29 is 9.90 Å². The molecule has 16 heavy (non-hydrogen) atoms. The second-order valence-corrected chi connectivity index (χ2v) is 4.93. The van der Waals surface area contributed by atoms with Gasteiger partial charge in [0.05, 0.1) is 0 Å². The molecule has 0 unspecified atom stereocenters. The van der Waals surface area contributed by atoms with E-state index in [9.17, 15) is 9.90 Å². The van der Waals surface area contributed by atoms with Crippen LogP contribution in [0.3, 0.4) is 0 Å². The summed E-state index contributed by atoms with van der Waals surface area (Å²) in [5.74, 6) is 1.01. The van der Waals surface area contributed by atoms with Crippen molar-refractivity contribution in [3.8, 4) is 5.75 Å². The molecule has 1 amide bonds. The molecule has 0 aliphatic carbocycles. The molecule has 0 atom stereocenters. The van der Waals surface area contributed by atoms with E-state index in [0.29, 0.717) is 12.2 Å². The summed E-state index contributed by atoms with van der Waals surface area (Å²) in [6.45, 7) is 3.88. The lowest BCUT2D eigenvalue weighted by Crippen LogP contribution is -2.30. The van der Waals surface area contributed by atoms with Crippen LogP contribution in [0.15, 0.2) is 29.2 Å². The molecule has 0 radical (unpaired) electrons. The van der Waals surface area contributed by atoms with Gasteiger partial charge in [0.2, 0.25) is 5.91 Å². The molecule has 0 aliphatic heterocycles. The van der Waals surface area contributed by atoms with E-state index in [4.69, 9.17) is 0 Å². The minimum Gasteiger partial charge on any atom is -0.507 e. The molecule has 0 spiro atoms. The fourth-order valence-corrected chi connectivity index (χ4v) is 2.13. The van der Waals surface area contributed by atoms with Gasteiger partial charge in [0, 0.05) is 23.1 Å². The first-order valence-corrected chi connectivity index (χ1v) is 6.28. The van der Waals surface area contributed by atoms with Crippen LogP contribution in [-0.4, -0.2) is 22.8 Å². The molecule has 0 bridgehead atoms. The van der Waals surface area contributed by atoms with Gasteiger partial charge in [0.15, 0.2) is 0 Å². The minimum atomic E-state index is 0.0536. The normalized spacial score (nSPS) is 10.4. The number of amides is 1. The van der Waals surface area contributed by atoms with Crippen molar-refractivity contribution in [2.24, 2.45) is 0 Å². The monoisotopic (exact) mass is 239 g/mol. The Morgan fingerprint density at radius 1 is 1.44 bits per heavy atom. The van der Waals surface area contributed by atoms with Crippen LogP contribution in [0.25, 0.3) is 0 Å². The predicted octanol–water partition coefficient (Wildman–Crippen LogP) is 2.40. The van der Waals surface area contributed by atoms with Crippen molar-refractivity contribution in [1.29, 1.82) is 0 Å². The summed E-state index contributed by atoms with van der Waals surface area (Å²) in [4.78, 5) is 12.2. The largest absolute Gasteiger partial charge is 0.507 e. The number of hydrogen-bond acceptors (Lipinski definition) is 3. The van der Waals surface area contributed by atoms with Crippen LogP contribution in [0.1, 0.15) is 20.3 Å². The lowest BCUT2D eigenvalue weighted by Gasteiger charge is -2.08. The maximum absolute atomic E-state index is 11.3. The Bertz CT molecular complexity index is 353. The highest BCUT2D eigenvalue weighted by Gasteiger charge is 2.05. The van der Waals surface area contributed by atoms with E-state index >= 15 is 0 Å². The van der Waals surface area contributed by atoms with Gasteiger partial charge >= 0.3 is 0 Å². The molecule has 4 heteroatoms. The number of hydrogen-bond donors (Lipinski definition) is 2. The molecular weight excluding hydrogens is 222 g/mol. The summed E-state index contributed by atoms with van der Waals surface area (Å²) in [6, 6.07) is 7.33. The van der Waals surface area contributed by atoms with Gasteiger partial charge in [-0.25, -0.2) is 0 Å². The Kier molecular flexibility index (Phi) is 5.19. The molecule has 0 heterocycles. The first kappa shape index (κ1) is 12.9. The molecule has 88 valence electrons. The summed E-state index contributed by atoms with van der Waals surface area (Å²) >= 11 is 1.49. The van der Waals surface area contributed by atoms with Gasteiger partial charge in [-0.15, -0.1) is 11.8 Å². The van der Waals surface area contributed by atoms with Crippen LogP contribution in [0.5, 0.6) is 5.75 Å². The van der Waals surface area contributed by atoms with E-state index in [1.165, 1.54) is 11.8 Å². The van der Waals surface area contributed by atoms with Crippen molar-refractivity contribution in [1.82, 2.24) is 5.32 Å². The number of nitrogens with one attached hydrogen (secondary N) is 1. The summed E-state index contributed by atoms with van der Waals surface area (Å²) in [7, 11) is 0. The van der Waals surface area contributed by atoms with Crippen molar-refractivity contribution in [3.63, 3.8) is 0 Å². The summed E-state index contributed by atoms with van der Waals surface area (Å²) in [5, 5.41) is 12.3. The van der Waals surface area contributed by atoms with Gasteiger partial charge in [0.1, 0.15) is 5.75 Å². The number of carbonyl (C=O) groups is 1. The molecule has 3 nitrogen and oxygen atoms in total. The third-order valence-electron chi connectivity index (χ3n) is 1.90. The number of benzene rings is 1. The van der Waals surface area contributed by atoms with Gasteiger partial charge in [-0.3, -0.25) is 4.79 Å². The Hall–Kier alpha value is -1.16. The quantitative estimate of drug-likeness (QED) is 0.776. The Morgan fingerprint density at radius 2 is 2.12 bits per heavy atom. The SMILES string of the molecule is CC(C)NC(=O)CCSc1ccccc1O. The lowest BCUT2D eigenvalue weighted by molar-refractivity contribution is -0.121. The number of phenolic OH excluding ortho intramolecular Hbond substituents is 1. The Balaban J connectivity index is 2.31. The number of para-hydroxylation sites is 1. The molecule has 0 aromatic heterocycles. The molecule has 1 aromatic rings. The maximum atomic E-state index is 11.3. The summed E-state index contributed by atoms with van der Waals surface area (Å²) < 4.78 is 0. The van der Waals surface area contributed by atoms with E-state index in [2.05, 4.69) is 5.32 Å². The maximum Gasteiger partial charge on any atom is 0.221 e. The fraction of sp³-hybridized carbons (Fsp3) is 0.417. The molecule has 2 N–H and O–H groups in total. The van der Waals surface area contributed by atoms with Gasteiger partial charge in [-0.1, -0.05) is 12.1 Å². The summed E-state index contributed by atoms with van der Waals surface area (Å²) in [5.41, 5.74) is 0. The average molecular weight is 239 g/mol. The number of rotatable bonds is 5. The molecule has 1 rings (SSSR count). The molecule has 0 saturated carbocycles. The van der Waals surface area contributed by atoms with Crippen molar-refractivity contribution in [3.05, 3.63) is 24.3 Å². The molecule has 0 fully saturated rings. The van der Waals surface area contributed by atoms with E-state index in [0.717, 1.165) is 4.90 Å². The highest BCUT2D eigenvalue weighted by molar-refractivity contribution is 7.99. The van der Waals surface area contributed by atoms with E-state index in [-0.39, 0.29) is 17.7 Å². The number of aromatic hydroxyl groups is 1. The first-order chi connectivity index (χ1) is 7.59. The van der Waals surface area contributed by atoms with Gasteiger partial charge in [0.25, 0.3) is 0 Å². The van der Waals surface area contributed by atoms with Crippen molar-refractivity contribution in [2.45, 2.75) is 31.2 Å². The van der Waals surface area contributed by atoms with E-state index in [1.54, 1.807) is 12.1 Å². The zero-order chi connectivity index (χ0) is 12.0. The predicted molar refractivity (Wildman–Crippen MR) is 66.7 cm³/mol. The van der Waals surface area contributed by atoms with Crippen LogP contribution in [0, 0.1) is 0 Å². The van der Waals surface area contributed by atoms with Crippen LogP contribution in [0.2, 0.25) is 0 Å². The molecular formula is C12H17NO2S. The zero-order valence-corrected chi connectivity index (χ0v) is 10.4. The Morgan fingerprint density at radius 3 is 2.75 bits per heavy atom. The second-order valence-electron chi connectivity index (χ2n) is 3.79. The second kappa shape index (κ2) is 6.43. The number of phenols is 1. The highest BCUT2D eigenvalue weighted by atomic mass is 32.2. The minimum absolute atomic E-state index is 0.0536. The first-order valence-electron chi connectivity index (χ1n) is 5.29. The fourth-order valence-electron chi connectivity index (χ4n) is 1.23. The lowest BCUT2D eigenvalue weighted by atomic mass is 10.3. The van der Waals surface area contributed by atoms with E-state index in [1.807, 2.05) is 26.0 Å². The molecule has 1 aromatic carbocycles. The number of thioether (sulfide) groups is 1. The Labute approximate surface area is 100 Å². The van der Waals surface area contributed by atoms with Crippen molar-refractivity contribution in [2.75, 3.05) is 5.75 Å². The van der Waals surface area contributed by atoms with Gasteiger partial charge in [-0.2, -0.15) is 0 Å². The average Bonchev–Trinajstić information content (AvgIpc) is 2.19. The highest BCUT2D eigenvalue weighted by Crippen LogP contribution is 2.27. The summed E-state index contributed by atoms with van der Waals surface area (Å²) in [6.07, 6.45) is 0.469. The van der Waals surface area contributed by atoms with Crippen LogP contribution in [0.4, 0.5) is 0 Å². The van der Waals surface area contributed by atoms with Gasteiger partial charge in [-0.05, 0) is 26.0 Å². The molecule has 0 saturated heterocycles.